The molecule has 4 heteroatoms. The van der Waals surface area contributed by atoms with Crippen molar-refractivity contribution < 1.29 is 4.39 Å². The molecule has 34 heavy (non-hydrogen) atoms. The highest BCUT2D eigenvalue weighted by molar-refractivity contribution is 5.57. The predicted molar refractivity (Wildman–Crippen MR) is 131 cm³/mol. The number of nitrogens with zero attached hydrogens (tertiary/aromatic N) is 2. The van der Waals surface area contributed by atoms with Crippen molar-refractivity contribution in [2.45, 2.75) is 11.3 Å². The van der Waals surface area contributed by atoms with Crippen LogP contribution in [-0.4, -0.2) is 9.97 Å². The molecule has 0 fully saturated rings. The first-order valence-corrected chi connectivity index (χ1v) is 11.1. The molecule has 0 aliphatic rings. The molecule has 5 rings (SSSR count). The third-order valence-electron chi connectivity index (χ3n) is 6.40. The Hall–Kier alpha value is -4.49. The molecule has 4 aromatic carbocycles. The second kappa shape index (κ2) is 9.17. The first-order chi connectivity index (χ1) is 16.7. The number of hydrogen-bond donors (Lipinski definition) is 1. The number of aromatic amines is 1. The Balaban J connectivity index is 1.93. The van der Waals surface area contributed by atoms with Crippen LogP contribution in [0.15, 0.2) is 122 Å². The van der Waals surface area contributed by atoms with Crippen molar-refractivity contribution >= 4 is 0 Å². The maximum absolute atomic E-state index is 15.0. The standard InChI is InChI=1S/C30H22FN3/c31-27-18-22(16-17-23(27)19-32)29(28-20-33-21-34-28)30(24-10-4-1-5-11-24,25-12-6-2-7-13-25)26-14-8-3-9-15-26/h1-18,20-21,29H,(H,33,34). The van der Waals surface area contributed by atoms with E-state index in [1.54, 1.807) is 18.6 Å². The topological polar surface area (TPSA) is 52.5 Å². The van der Waals surface area contributed by atoms with Crippen LogP contribution in [0, 0.1) is 17.1 Å². The molecule has 0 saturated carbocycles. The quantitative estimate of drug-likeness (QED) is 0.301. The van der Waals surface area contributed by atoms with Crippen LogP contribution in [-0.2, 0) is 5.41 Å². The Morgan fingerprint density at radius 2 is 1.29 bits per heavy atom. The van der Waals surface area contributed by atoms with Crippen LogP contribution in [0.5, 0.6) is 0 Å². The predicted octanol–water partition coefficient (Wildman–Crippen LogP) is 6.59. The molecular weight excluding hydrogens is 421 g/mol. The van der Waals surface area contributed by atoms with Crippen LogP contribution >= 0.6 is 0 Å². The van der Waals surface area contributed by atoms with Crippen LogP contribution in [0.4, 0.5) is 4.39 Å². The van der Waals surface area contributed by atoms with E-state index in [0.717, 1.165) is 27.9 Å². The first-order valence-electron chi connectivity index (χ1n) is 11.1. The Labute approximate surface area is 198 Å². The fraction of sp³-hybridized carbons (Fsp3) is 0.0667. The molecule has 1 unspecified atom stereocenters. The van der Waals surface area contributed by atoms with E-state index in [1.807, 2.05) is 66.7 Å². The number of rotatable bonds is 6. The third-order valence-corrected chi connectivity index (χ3v) is 6.40. The van der Waals surface area contributed by atoms with Gasteiger partial charge in [0, 0.05) is 17.8 Å². The van der Waals surface area contributed by atoms with Gasteiger partial charge in [-0.25, -0.2) is 9.37 Å². The number of hydrogen-bond acceptors (Lipinski definition) is 2. The molecule has 164 valence electrons. The van der Waals surface area contributed by atoms with Crippen molar-refractivity contribution in [3.63, 3.8) is 0 Å². The normalized spacial score (nSPS) is 12.1. The SMILES string of the molecule is N#Cc1ccc(C(c2cnc[nH]2)C(c2ccccc2)(c2ccccc2)c2ccccc2)cc1F. The van der Waals surface area contributed by atoms with Gasteiger partial charge >= 0.3 is 0 Å². The van der Waals surface area contributed by atoms with Crippen molar-refractivity contribution in [3.05, 3.63) is 161 Å². The number of benzene rings is 4. The van der Waals surface area contributed by atoms with Gasteiger partial charge in [0.2, 0.25) is 0 Å². The lowest BCUT2D eigenvalue weighted by Gasteiger charge is -2.43. The van der Waals surface area contributed by atoms with Crippen molar-refractivity contribution in [3.8, 4) is 6.07 Å². The van der Waals surface area contributed by atoms with Crippen LogP contribution in [0.1, 0.15) is 39.4 Å². The summed E-state index contributed by atoms with van der Waals surface area (Å²) in [6.45, 7) is 0. The van der Waals surface area contributed by atoms with E-state index in [1.165, 1.54) is 6.07 Å². The van der Waals surface area contributed by atoms with Gasteiger partial charge in [-0.1, -0.05) is 97.1 Å². The number of halogens is 1. The van der Waals surface area contributed by atoms with Gasteiger partial charge in [-0.15, -0.1) is 0 Å². The maximum Gasteiger partial charge on any atom is 0.141 e. The summed E-state index contributed by atoms with van der Waals surface area (Å²) in [6, 6.07) is 37.7. The van der Waals surface area contributed by atoms with E-state index in [9.17, 15) is 9.65 Å². The Morgan fingerprint density at radius 1 is 0.765 bits per heavy atom. The summed E-state index contributed by atoms with van der Waals surface area (Å²) in [7, 11) is 0. The molecule has 3 nitrogen and oxygen atoms in total. The zero-order valence-corrected chi connectivity index (χ0v) is 18.4. The van der Waals surface area contributed by atoms with Gasteiger partial charge in [-0.3, -0.25) is 0 Å². The average Bonchev–Trinajstić information content (AvgIpc) is 3.43. The van der Waals surface area contributed by atoms with E-state index in [-0.39, 0.29) is 11.5 Å². The van der Waals surface area contributed by atoms with Gasteiger partial charge in [-0.05, 0) is 34.4 Å². The summed E-state index contributed by atoms with van der Waals surface area (Å²) in [5.41, 5.74) is 4.11. The molecule has 0 radical (unpaired) electrons. The highest BCUT2D eigenvalue weighted by atomic mass is 19.1. The van der Waals surface area contributed by atoms with E-state index in [4.69, 9.17) is 0 Å². The van der Waals surface area contributed by atoms with Gasteiger partial charge in [0.15, 0.2) is 0 Å². The summed E-state index contributed by atoms with van der Waals surface area (Å²) >= 11 is 0. The van der Waals surface area contributed by atoms with Gasteiger partial charge in [0.1, 0.15) is 11.9 Å². The lowest BCUT2D eigenvalue weighted by Crippen LogP contribution is -2.37. The lowest BCUT2D eigenvalue weighted by atomic mass is 9.59. The Morgan fingerprint density at radius 3 is 1.71 bits per heavy atom. The molecule has 0 spiro atoms. The number of imidazole rings is 1. The van der Waals surface area contributed by atoms with E-state index in [2.05, 4.69) is 46.4 Å². The molecule has 1 aromatic heterocycles. The fourth-order valence-electron chi connectivity index (χ4n) is 4.99. The van der Waals surface area contributed by atoms with Crippen LogP contribution in [0.3, 0.4) is 0 Å². The lowest BCUT2D eigenvalue weighted by molar-refractivity contribution is 0.524. The third kappa shape index (κ3) is 3.58. The molecule has 0 bridgehead atoms. The fourth-order valence-corrected chi connectivity index (χ4v) is 4.99. The monoisotopic (exact) mass is 443 g/mol. The molecule has 5 aromatic rings. The molecule has 1 atom stereocenters. The van der Waals surface area contributed by atoms with Gasteiger partial charge in [-0.2, -0.15) is 5.26 Å². The minimum Gasteiger partial charge on any atom is -0.348 e. The van der Waals surface area contributed by atoms with Gasteiger partial charge < -0.3 is 4.98 Å². The number of aromatic nitrogens is 2. The van der Waals surface area contributed by atoms with E-state index < -0.39 is 11.2 Å². The Bertz CT molecular complexity index is 1310. The molecule has 0 amide bonds. The molecule has 0 aliphatic heterocycles. The minimum atomic E-state index is -0.711. The van der Waals surface area contributed by atoms with Crippen molar-refractivity contribution in [1.29, 1.82) is 5.26 Å². The molecule has 0 aliphatic carbocycles. The first kappa shape index (κ1) is 21.4. The number of H-pyrrole nitrogens is 1. The zero-order chi connectivity index (χ0) is 23.4. The summed E-state index contributed by atoms with van der Waals surface area (Å²) in [6.07, 6.45) is 3.44. The second-order valence-corrected chi connectivity index (χ2v) is 8.20. The second-order valence-electron chi connectivity index (χ2n) is 8.20. The zero-order valence-electron chi connectivity index (χ0n) is 18.4. The van der Waals surface area contributed by atoms with Gasteiger partial charge in [0.25, 0.3) is 0 Å². The Kier molecular flexibility index (Phi) is 5.76. The smallest absolute Gasteiger partial charge is 0.141 e. The van der Waals surface area contributed by atoms with E-state index in [0.29, 0.717) is 0 Å². The van der Waals surface area contributed by atoms with Crippen molar-refractivity contribution in [2.24, 2.45) is 0 Å². The maximum atomic E-state index is 15.0. The van der Waals surface area contributed by atoms with Crippen LogP contribution in [0.2, 0.25) is 0 Å². The average molecular weight is 444 g/mol. The van der Waals surface area contributed by atoms with E-state index >= 15 is 0 Å². The summed E-state index contributed by atoms with van der Waals surface area (Å²) in [5, 5.41) is 9.32. The van der Waals surface area contributed by atoms with Crippen molar-refractivity contribution in [1.82, 2.24) is 9.97 Å². The highest BCUT2D eigenvalue weighted by Crippen LogP contribution is 2.52. The van der Waals surface area contributed by atoms with Crippen LogP contribution < -0.4 is 0 Å². The molecular formula is C30H22FN3. The highest BCUT2D eigenvalue weighted by Gasteiger charge is 2.46. The minimum absolute atomic E-state index is 0.0249. The molecule has 1 N–H and O–H groups in total. The van der Waals surface area contributed by atoms with Crippen LogP contribution in [0.25, 0.3) is 0 Å². The summed E-state index contributed by atoms with van der Waals surface area (Å²) < 4.78 is 15.0. The number of nitrogens with one attached hydrogen (secondary N) is 1. The van der Waals surface area contributed by atoms with Crippen molar-refractivity contribution in [2.75, 3.05) is 0 Å². The summed E-state index contributed by atoms with van der Waals surface area (Å²) in [5.74, 6) is -0.892. The molecule has 1 heterocycles. The molecule has 0 saturated heterocycles. The summed E-state index contributed by atoms with van der Waals surface area (Å²) in [4.78, 5) is 7.62. The largest absolute Gasteiger partial charge is 0.348 e. The van der Waals surface area contributed by atoms with Gasteiger partial charge in [0.05, 0.1) is 17.3 Å². The number of nitriles is 1.